The summed E-state index contributed by atoms with van der Waals surface area (Å²) in [6, 6.07) is 12.2. The largest absolute Gasteiger partial charge is 0.384 e. The van der Waals surface area contributed by atoms with E-state index in [1.807, 2.05) is 6.07 Å². The van der Waals surface area contributed by atoms with E-state index >= 15 is 0 Å². The average molecular weight is 302 g/mol. The van der Waals surface area contributed by atoms with Crippen molar-refractivity contribution in [2.45, 2.75) is 19.1 Å². The van der Waals surface area contributed by atoms with Gasteiger partial charge in [0, 0.05) is 24.7 Å². The molecule has 0 radical (unpaired) electrons. The molecule has 0 fully saturated rings. The summed E-state index contributed by atoms with van der Waals surface area (Å²) in [5.74, 6) is -1.45. The maximum atomic E-state index is 13.7. The Bertz CT molecular complexity index is 691. The van der Waals surface area contributed by atoms with Crippen molar-refractivity contribution in [1.82, 2.24) is 5.32 Å². The molecule has 114 valence electrons. The first-order valence-corrected chi connectivity index (χ1v) is 6.80. The summed E-state index contributed by atoms with van der Waals surface area (Å²) in [4.78, 5) is 0. The van der Waals surface area contributed by atoms with Gasteiger partial charge in [0.1, 0.15) is 17.2 Å². The van der Waals surface area contributed by atoms with E-state index in [-0.39, 0.29) is 12.1 Å². The highest BCUT2D eigenvalue weighted by atomic mass is 19.1. The fraction of sp³-hybridized carbons (Fsp3) is 0.235. The van der Waals surface area contributed by atoms with E-state index in [0.717, 1.165) is 17.7 Å². The highest BCUT2D eigenvalue weighted by Crippen LogP contribution is 2.23. The van der Waals surface area contributed by atoms with E-state index in [1.165, 1.54) is 13.0 Å². The van der Waals surface area contributed by atoms with Crippen molar-refractivity contribution >= 4 is 0 Å². The first-order valence-electron chi connectivity index (χ1n) is 6.80. The molecule has 3 nitrogen and oxygen atoms in total. The maximum Gasteiger partial charge on any atom is 0.132 e. The van der Waals surface area contributed by atoms with Crippen LogP contribution in [0.3, 0.4) is 0 Å². The molecule has 2 rings (SSSR count). The number of nitrogens with zero attached hydrogens (tertiary/aromatic N) is 1. The second-order valence-corrected chi connectivity index (χ2v) is 5.31. The molecule has 2 N–H and O–H groups in total. The molecular formula is C17H16F2N2O. The number of nitrogens with one attached hydrogen (secondary N) is 1. The summed E-state index contributed by atoms with van der Waals surface area (Å²) in [5.41, 5.74) is 0.101. The molecular weight excluding hydrogens is 286 g/mol. The van der Waals surface area contributed by atoms with E-state index < -0.39 is 17.2 Å². The molecule has 0 saturated carbocycles. The summed E-state index contributed by atoms with van der Waals surface area (Å²) in [5, 5.41) is 22.1. The lowest BCUT2D eigenvalue weighted by atomic mass is 9.95. The van der Waals surface area contributed by atoms with Gasteiger partial charge in [-0.05, 0) is 30.7 Å². The van der Waals surface area contributed by atoms with Crippen LogP contribution in [-0.4, -0.2) is 11.7 Å². The van der Waals surface area contributed by atoms with E-state index in [9.17, 15) is 13.9 Å². The zero-order chi connectivity index (χ0) is 16.2. The molecule has 0 spiro atoms. The van der Waals surface area contributed by atoms with Gasteiger partial charge in [-0.1, -0.05) is 18.2 Å². The van der Waals surface area contributed by atoms with Gasteiger partial charge in [-0.2, -0.15) is 5.26 Å². The third-order valence-corrected chi connectivity index (χ3v) is 3.39. The number of nitriles is 1. The number of benzene rings is 2. The highest BCUT2D eigenvalue weighted by molar-refractivity contribution is 5.31. The van der Waals surface area contributed by atoms with Crippen LogP contribution in [0.25, 0.3) is 0 Å². The van der Waals surface area contributed by atoms with Crippen LogP contribution in [0.2, 0.25) is 0 Å². The third-order valence-electron chi connectivity index (χ3n) is 3.39. The van der Waals surface area contributed by atoms with Crippen LogP contribution in [0.15, 0.2) is 42.5 Å². The fourth-order valence-corrected chi connectivity index (χ4v) is 2.17. The number of rotatable bonds is 5. The normalized spacial score (nSPS) is 13.4. The summed E-state index contributed by atoms with van der Waals surface area (Å²) in [6.07, 6.45) is 0. The first-order chi connectivity index (χ1) is 10.4. The monoisotopic (exact) mass is 302 g/mol. The third kappa shape index (κ3) is 3.88. The van der Waals surface area contributed by atoms with Crippen molar-refractivity contribution in [3.63, 3.8) is 0 Å². The van der Waals surface area contributed by atoms with Gasteiger partial charge in [-0.25, -0.2) is 8.78 Å². The molecule has 0 heterocycles. The number of aliphatic hydroxyl groups is 1. The van der Waals surface area contributed by atoms with Crippen LogP contribution in [0, 0.1) is 23.0 Å². The Kier molecular flexibility index (Phi) is 4.86. The van der Waals surface area contributed by atoms with Crippen LogP contribution in [0.5, 0.6) is 0 Å². The van der Waals surface area contributed by atoms with Crippen LogP contribution < -0.4 is 5.32 Å². The van der Waals surface area contributed by atoms with Crippen LogP contribution in [0.1, 0.15) is 23.6 Å². The van der Waals surface area contributed by atoms with Gasteiger partial charge < -0.3 is 10.4 Å². The molecule has 0 bridgehead atoms. The molecule has 0 aliphatic rings. The molecule has 0 amide bonds. The van der Waals surface area contributed by atoms with Crippen LogP contribution in [0.4, 0.5) is 8.78 Å². The van der Waals surface area contributed by atoms with Crippen molar-refractivity contribution in [1.29, 1.82) is 5.26 Å². The summed E-state index contributed by atoms with van der Waals surface area (Å²) >= 11 is 0. The van der Waals surface area contributed by atoms with Crippen molar-refractivity contribution in [2.75, 3.05) is 6.54 Å². The quantitative estimate of drug-likeness (QED) is 0.893. The minimum absolute atomic E-state index is 0.0428. The SMILES string of the molecule is CC(O)(CNCc1ccc(C#N)cc1)c1ccc(F)cc1F. The minimum atomic E-state index is -1.45. The van der Waals surface area contributed by atoms with Gasteiger partial charge in [0.2, 0.25) is 0 Å². The molecule has 5 heteroatoms. The second kappa shape index (κ2) is 6.65. The van der Waals surface area contributed by atoms with Gasteiger partial charge in [0.15, 0.2) is 0 Å². The van der Waals surface area contributed by atoms with E-state index in [4.69, 9.17) is 5.26 Å². The molecule has 2 aromatic rings. The van der Waals surface area contributed by atoms with E-state index in [0.29, 0.717) is 12.1 Å². The molecule has 0 aliphatic carbocycles. The number of hydrogen-bond donors (Lipinski definition) is 2. The second-order valence-electron chi connectivity index (χ2n) is 5.31. The maximum absolute atomic E-state index is 13.7. The zero-order valence-corrected chi connectivity index (χ0v) is 12.1. The van der Waals surface area contributed by atoms with Crippen LogP contribution in [-0.2, 0) is 12.1 Å². The summed E-state index contributed by atoms with van der Waals surface area (Å²) in [7, 11) is 0. The smallest absolute Gasteiger partial charge is 0.132 e. The lowest BCUT2D eigenvalue weighted by Crippen LogP contribution is -2.36. The molecule has 1 unspecified atom stereocenters. The van der Waals surface area contributed by atoms with Crippen molar-refractivity contribution < 1.29 is 13.9 Å². The Balaban J connectivity index is 1.98. The summed E-state index contributed by atoms with van der Waals surface area (Å²) in [6.45, 7) is 2.04. The zero-order valence-electron chi connectivity index (χ0n) is 12.1. The first kappa shape index (κ1) is 16.1. The topological polar surface area (TPSA) is 56.0 Å². The van der Waals surface area contributed by atoms with E-state index in [1.54, 1.807) is 24.3 Å². The minimum Gasteiger partial charge on any atom is -0.384 e. The van der Waals surface area contributed by atoms with Crippen molar-refractivity contribution in [3.8, 4) is 6.07 Å². The van der Waals surface area contributed by atoms with Gasteiger partial charge in [-0.15, -0.1) is 0 Å². The Morgan fingerprint density at radius 2 is 1.86 bits per heavy atom. The van der Waals surface area contributed by atoms with Gasteiger partial charge >= 0.3 is 0 Å². The predicted molar refractivity (Wildman–Crippen MR) is 78.8 cm³/mol. The highest BCUT2D eigenvalue weighted by Gasteiger charge is 2.26. The lowest BCUT2D eigenvalue weighted by molar-refractivity contribution is 0.0528. The van der Waals surface area contributed by atoms with Crippen molar-refractivity contribution in [3.05, 3.63) is 70.8 Å². The molecule has 0 aromatic heterocycles. The standard InChI is InChI=1S/C17H16F2N2O/c1-17(22,15-7-6-14(18)8-16(15)19)11-21-10-13-4-2-12(9-20)3-5-13/h2-8,21-22H,10-11H2,1H3. The Morgan fingerprint density at radius 1 is 1.18 bits per heavy atom. The molecule has 1 atom stereocenters. The van der Waals surface area contributed by atoms with Crippen LogP contribution >= 0.6 is 0 Å². The Hall–Kier alpha value is -2.29. The van der Waals surface area contributed by atoms with Gasteiger partial charge in [-0.3, -0.25) is 0 Å². The summed E-state index contributed by atoms with van der Waals surface area (Å²) < 4.78 is 26.6. The van der Waals surface area contributed by atoms with Gasteiger partial charge in [0.25, 0.3) is 0 Å². The molecule has 0 aliphatic heterocycles. The van der Waals surface area contributed by atoms with Gasteiger partial charge in [0.05, 0.1) is 11.6 Å². The predicted octanol–water partition coefficient (Wildman–Crippen LogP) is 2.83. The van der Waals surface area contributed by atoms with E-state index in [2.05, 4.69) is 5.32 Å². The fourth-order valence-electron chi connectivity index (χ4n) is 2.17. The molecule has 22 heavy (non-hydrogen) atoms. The van der Waals surface area contributed by atoms with Crippen molar-refractivity contribution in [2.24, 2.45) is 0 Å². The lowest BCUT2D eigenvalue weighted by Gasteiger charge is -2.25. The molecule has 2 aromatic carbocycles. The number of halogens is 2. The number of hydrogen-bond acceptors (Lipinski definition) is 3. The molecule has 0 saturated heterocycles. The average Bonchev–Trinajstić information content (AvgIpc) is 2.47. The Labute approximate surface area is 127 Å². The Morgan fingerprint density at radius 3 is 2.45 bits per heavy atom.